The Morgan fingerprint density at radius 2 is 1.87 bits per heavy atom. The molecule has 1 atom stereocenters. The van der Waals surface area contributed by atoms with Gasteiger partial charge in [0.1, 0.15) is 11.9 Å². The summed E-state index contributed by atoms with van der Waals surface area (Å²) >= 11 is 0. The van der Waals surface area contributed by atoms with E-state index in [4.69, 9.17) is 4.74 Å². The number of carbonyl (C=O) groups is 2. The number of carbonyl (C=O) groups excluding carboxylic acids is 2. The molecule has 0 aliphatic carbocycles. The topological polar surface area (TPSA) is 55.4 Å². The van der Waals surface area contributed by atoms with Gasteiger partial charge in [0.15, 0.2) is 0 Å². The Labute approximate surface area is 134 Å². The summed E-state index contributed by atoms with van der Waals surface area (Å²) < 4.78 is 17.9. The number of halogens is 1. The molecule has 0 saturated carbocycles. The monoisotopic (exact) mass is 315 g/mol. The fourth-order valence-corrected chi connectivity index (χ4v) is 2.17. The third kappa shape index (κ3) is 4.64. The number of hydrogen-bond acceptors (Lipinski definition) is 3. The first-order chi connectivity index (χ1) is 11.0. The molecule has 4 nitrogen and oxygen atoms in total. The maximum absolute atomic E-state index is 13.2. The average Bonchev–Trinajstić information content (AvgIpc) is 2.55. The van der Waals surface area contributed by atoms with Crippen molar-refractivity contribution in [3.05, 3.63) is 71.0 Å². The molecule has 5 heteroatoms. The molecule has 2 rings (SSSR count). The predicted octanol–water partition coefficient (Wildman–Crippen LogP) is 2.65. The molecule has 0 radical (unpaired) electrons. The zero-order chi connectivity index (χ0) is 16.8. The van der Waals surface area contributed by atoms with Gasteiger partial charge in [-0.15, -0.1) is 0 Å². The van der Waals surface area contributed by atoms with Gasteiger partial charge in [0.25, 0.3) is 5.91 Å². The van der Waals surface area contributed by atoms with Crippen LogP contribution in [0.5, 0.6) is 0 Å². The number of hydrogen-bond donors (Lipinski definition) is 1. The van der Waals surface area contributed by atoms with Gasteiger partial charge in [0.05, 0.1) is 7.11 Å². The number of ether oxygens (including phenoxy) is 1. The van der Waals surface area contributed by atoms with Gasteiger partial charge in [0.2, 0.25) is 0 Å². The van der Waals surface area contributed by atoms with Gasteiger partial charge in [-0.1, -0.05) is 35.9 Å². The minimum atomic E-state index is -0.835. The highest BCUT2D eigenvalue weighted by Crippen LogP contribution is 2.09. The SMILES string of the molecule is COC(=O)[C@@H](Cc1ccc(C)cc1)NC(=O)c1cccc(F)c1. The summed E-state index contributed by atoms with van der Waals surface area (Å²) in [5.74, 6) is -1.58. The molecule has 0 saturated heterocycles. The minimum absolute atomic E-state index is 0.155. The lowest BCUT2D eigenvalue weighted by atomic mass is 10.0. The van der Waals surface area contributed by atoms with Crippen LogP contribution in [0.1, 0.15) is 21.5 Å². The van der Waals surface area contributed by atoms with Crippen LogP contribution in [0, 0.1) is 12.7 Å². The molecule has 2 aromatic carbocycles. The van der Waals surface area contributed by atoms with E-state index < -0.39 is 23.7 Å². The van der Waals surface area contributed by atoms with E-state index in [2.05, 4.69) is 5.32 Å². The van der Waals surface area contributed by atoms with Crippen molar-refractivity contribution in [1.29, 1.82) is 0 Å². The van der Waals surface area contributed by atoms with Crippen molar-refractivity contribution in [1.82, 2.24) is 5.32 Å². The second-order valence-electron chi connectivity index (χ2n) is 5.25. The quantitative estimate of drug-likeness (QED) is 0.863. The van der Waals surface area contributed by atoms with E-state index in [9.17, 15) is 14.0 Å². The zero-order valence-corrected chi connectivity index (χ0v) is 13.0. The largest absolute Gasteiger partial charge is 0.467 e. The van der Waals surface area contributed by atoms with Gasteiger partial charge in [-0.2, -0.15) is 0 Å². The molecule has 1 N–H and O–H groups in total. The predicted molar refractivity (Wildman–Crippen MR) is 84.6 cm³/mol. The maximum Gasteiger partial charge on any atom is 0.328 e. The van der Waals surface area contributed by atoms with E-state index in [0.717, 1.165) is 17.2 Å². The first-order valence-corrected chi connectivity index (χ1v) is 7.19. The molecule has 0 unspecified atom stereocenters. The fourth-order valence-electron chi connectivity index (χ4n) is 2.17. The van der Waals surface area contributed by atoms with Crippen molar-refractivity contribution in [2.45, 2.75) is 19.4 Å². The summed E-state index contributed by atoms with van der Waals surface area (Å²) in [6.07, 6.45) is 0.300. The van der Waals surface area contributed by atoms with E-state index in [1.54, 1.807) is 0 Å². The Morgan fingerprint density at radius 3 is 2.48 bits per heavy atom. The molecule has 120 valence electrons. The van der Waals surface area contributed by atoms with Crippen LogP contribution in [0.25, 0.3) is 0 Å². The van der Waals surface area contributed by atoms with Crippen molar-refractivity contribution in [3.63, 3.8) is 0 Å². The Balaban J connectivity index is 2.13. The lowest BCUT2D eigenvalue weighted by Crippen LogP contribution is -2.43. The fraction of sp³-hybridized carbons (Fsp3) is 0.222. The third-order valence-electron chi connectivity index (χ3n) is 3.44. The van der Waals surface area contributed by atoms with Crippen molar-refractivity contribution < 1.29 is 18.7 Å². The van der Waals surface area contributed by atoms with E-state index in [1.165, 1.54) is 25.3 Å². The molecule has 23 heavy (non-hydrogen) atoms. The molecule has 0 aromatic heterocycles. The third-order valence-corrected chi connectivity index (χ3v) is 3.44. The first-order valence-electron chi connectivity index (χ1n) is 7.19. The van der Waals surface area contributed by atoms with E-state index in [1.807, 2.05) is 31.2 Å². The number of nitrogens with one attached hydrogen (secondary N) is 1. The van der Waals surface area contributed by atoms with Gasteiger partial charge in [-0.05, 0) is 30.7 Å². The van der Waals surface area contributed by atoms with Crippen LogP contribution in [-0.2, 0) is 16.0 Å². The molecule has 0 fully saturated rings. The van der Waals surface area contributed by atoms with Crippen LogP contribution in [0.2, 0.25) is 0 Å². The molecule has 0 aliphatic heterocycles. The summed E-state index contributed by atoms with van der Waals surface area (Å²) in [5, 5.41) is 2.59. The summed E-state index contributed by atoms with van der Waals surface area (Å²) in [6, 6.07) is 12.1. The van der Waals surface area contributed by atoms with Gasteiger partial charge >= 0.3 is 5.97 Å². The Bertz CT molecular complexity index is 698. The smallest absolute Gasteiger partial charge is 0.328 e. The van der Waals surface area contributed by atoms with Gasteiger partial charge in [-0.3, -0.25) is 4.79 Å². The number of esters is 1. The zero-order valence-electron chi connectivity index (χ0n) is 13.0. The highest BCUT2D eigenvalue weighted by atomic mass is 19.1. The van der Waals surface area contributed by atoms with E-state index in [0.29, 0.717) is 6.42 Å². The second kappa shape index (κ2) is 7.54. The molecular weight excluding hydrogens is 297 g/mol. The number of methoxy groups -OCH3 is 1. The molecule has 1 amide bonds. The van der Waals surface area contributed by atoms with E-state index >= 15 is 0 Å². The van der Waals surface area contributed by atoms with Crippen LogP contribution in [0.4, 0.5) is 4.39 Å². The average molecular weight is 315 g/mol. The Morgan fingerprint density at radius 1 is 1.17 bits per heavy atom. The Hall–Kier alpha value is -2.69. The Kier molecular flexibility index (Phi) is 5.46. The lowest BCUT2D eigenvalue weighted by Gasteiger charge is -2.17. The number of amides is 1. The first kappa shape index (κ1) is 16.7. The van der Waals surface area contributed by atoms with Crippen molar-refractivity contribution in [2.24, 2.45) is 0 Å². The summed E-state index contributed by atoms with van der Waals surface area (Å²) in [4.78, 5) is 24.1. The van der Waals surface area contributed by atoms with Crippen LogP contribution in [0.15, 0.2) is 48.5 Å². The molecule has 0 bridgehead atoms. The normalized spacial score (nSPS) is 11.6. The maximum atomic E-state index is 13.2. The standard InChI is InChI=1S/C18H18FNO3/c1-12-6-8-13(9-7-12)10-16(18(22)23-2)20-17(21)14-4-3-5-15(19)11-14/h3-9,11,16H,10H2,1-2H3,(H,20,21)/t16-/m1/s1. The highest BCUT2D eigenvalue weighted by molar-refractivity contribution is 5.96. The highest BCUT2D eigenvalue weighted by Gasteiger charge is 2.22. The van der Waals surface area contributed by atoms with Gasteiger partial charge < -0.3 is 10.1 Å². The molecule has 0 heterocycles. The van der Waals surface area contributed by atoms with Crippen molar-refractivity contribution >= 4 is 11.9 Å². The molecule has 2 aromatic rings. The van der Waals surface area contributed by atoms with Crippen molar-refractivity contribution in [2.75, 3.05) is 7.11 Å². The second-order valence-corrected chi connectivity index (χ2v) is 5.25. The van der Waals surface area contributed by atoms with E-state index in [-0.39, 0.29) is 5.56 Å². The summed E-state index contributed by atoms with van der Waals surface area (Å²) in [7, 11) is 1.26. The molecular formula is C18H18FNO3. The number of rotatable bonds is 5. The van der Waals surface area contributed by atoms with Crippen LogP contribution in [0.3, 0.4) is 0 Å². The van der Waals surface area contributed by atoms with Crippen LogP contribution >= 0.6 is 0 Å². The lowest BCUT2D eigenvalue weighted by molar-refractivity contribution is -0.142. The molecule has 0 aliphatic rings. The van der Waals surface area contributed by atoms with Crippen molar-refractivity contribution in [3.8, 4) is 0 Å². The van der Waals surface area contributed by atoms with Gasteiger partial charge in [0, 0.05) is 12.0 Å². The van der Waals surface area contributed by atoms with Crippen LogP contribution < -0.4 is 5.32 Å². The van der Waals surface area contributed by atoms with Gasteiger partial charge in [-0.25, -0.2) is 9.18 Å². The number of aryl methyl sites for hydroxylation is 1. The van der Waals surface area contributed by atoms with Crippen LogP contribution in [-0.4, -0.2) is 25.0 Å². The summed E-state index contributed by atoms with van der Waals surface area (Å²) in [5.41, 5.74) is 2.15. The molecule has 0 spiro atoms. The number of benzene rings is 2. The summed E-state index contributed by atoms with van der Waals surface area (Å²) in [6.45, 7) is 1.97. The minimum Gasteiger partial charge on any atom is -0.467 e.